The number of nitrogens with zero attached hydrogens (tertiary/aromatic N) is 2. The Kier molecular flexibility index (Phi) is 4.84. The van der Waals surface area contributed by atoms with Crippen LogP contribution in [-0.2, 0) is 22.4 Å². The first-order chi connectivity index (χ1) is 11.6. The highest BCUT2D eigenvalue weighted by molar-refractivity contribution is 6.39. The normalized spacial score (nSPS) is 14.4. The highest BCUT2D eigenvalue weighted by Gasteiger charge is 2.19. The van der Waals surface area contributed by atoms with Gasteiger partial charge in [0.2, 0.25) is 5.95 Å². The van der Waals surface area contributed by atoms with Crippen LogP contribution >= 0.6 is 0 Å². The van der Waals surface area contributed by atoms with Crippen molar-refractivity contribution in [1.29, 1.82) is 0 Å². The first-order valence-electron chi connectivity index (χ1n) is 8.14. The Labute approximate surface area is 140 Å². The molecule has 1 aliphatic rings. The number of benzene rings is 1. The van der Waals surface area contributed by atoms with E-state index in [9.17, 15) is 9.59 Å². The number of hydrogen-bond donors (Lipinski definition) is 2. The standard InChI is InChI=1S/C18H20N4O2/c1-12(14-8-7-13-5-2-3-6-15(13)11-14)21-16(23)17(24)22-18-19-9-4-10-20-18/h4,7-12H,2-3,5-6H2,1H3,(H,21,23)(H,19,20,22,24). The van der Waals surface area contributed by atoms with Crippen LogP contribution in [0.3, 0.4) is 0 Å². The molecule has 1 unspecified atom stereocenters. The Morgan fingerprint density at radius 3 is 2.50 bits per heavy atom. The van der Waals surface area contributed by atoms with Crippen LogP contribution in [0.1, 0.15) is 42.5 Å². The van der Waals surface area contributed by atoms with Gasteiger partial charge in [0.1, 0.15) is 0 Å². The molecule has 0 radical (unpaired) electrons. The van der Waals surface area contributed by atoms with Gasteiger partial charge in [0.15, 0.2) is 0 Å². The third-order valence-corrected chi connectivity index (χ3v) is 4.22. The molecule has 2 amide bonds. The number of rotatable bonds is 3. The molecule has 6 nitrogen and oxygen atoms in total. The van der Waals surface area contributed by atoms with Gasteiger partial charge < -0.3 is 5.32 Å². The van der Waals surface area contributed by atoms with Crippen LogP contribution in [0.4, 0.5) is 5.95 Å². The van der Waals surface area contributed by atoms with Gasteiger partial charge >= 0.3 is 11.8 Å². The summed E-state index contributed by atoms with van der Waals surface area (Å²) in [5, 5.41) is 5.09. The Balaban J connectivity index is 1.62. The molecule has 0 spiro atoms. The van der Waals surface area contributed by atoms with Gasteiger partial charge in [0.25, 0.3) is 0 Å². The molecule has 6 heteroatoms. The van der Waals surface area contributed by atoms with E-state index in [0.717, 1.165) is 18.4 Å². The number of carbonyl (C=O) groups excluding carboxylic acids is 2. The number of fused-ring (bicyclic) bond motifs is 1. The average Bonchev–Trinajstić information content (AvgIpc) is 2.62. The first kappa shape index (κ1) is 16.1. The summed E-state index contributed by atoms with van der Waals surface area (Å²) in [6.07, 6.45) is 7.63. The van der Waals surface area contributed by atoms with Crippen LogP contribution in [0.5, 0.6) is 0 Å². The van der Waals surface area contributed by atoms with Crippen molar-refractivity contribution in [3.8, 4) is 0 Å². The second-order valence-electron chi connectivity index (χ2n) is 5.96. The Morgan fingerprint density at radius 1 is 1.04 bits per heavy atom. The number of aryl methyl sites for hydroxylation is 2. The molecular formula is C18H20N4O2. The first-order valence-corrected chi connectivity index (χ1v) is 8.14. The molecule has 1 aliphatic carbocycles. The predicted octanol–water partition coefficient (Wildman–Crippen LogP) is 2.17. The maximum absolute atomic E-state index is 12.0. The maximum Gasteiger partial charge on any atom is 0.316 e. The van der Waals surface area contributed by atoms with Gasteiger partial charge in [-0.15, -0.1) is 0 Å². The van der Waals surface area contributed by atoms with Gasteiger partial charge in [-0.05, 0) is 55.4 Å². The molecule has 1 aromatic heterocycles. The summed E-state index contributed by atoms with van der Waals surface area (Å²) in [6, 6.07) is 7.68. The van der Waals surface area contributed by atoms with Crippen molar-refractivity contribution in [3.63, 3.8) is 0 Å². The molecule has 3 rings (SSSR count). The number of hydrogen-bond acceptors (Lipinski definition) is 4. The van der Waals surface area contributed by atoms with Gasteiger partial charge in [-0.3, -0.25) is 14.9 Å². The van der Waals surface area contributed by atoms with Crippen LogP contribution in [0.25, 0.3) is 0 Å². The van der Waals surface area contributed by atoms with E-state index < -0.39 is 11.8 Å². The fourth-order valence-electron chi connectivity index (χ4n) is 2.89. The van der Waals surface area contributed by atoms with Crippen molar-refractivity contribution in [2.24, 2.45) is 0 Å². The van der Waals surface area contributed by atoms with Crippen LogP contribution in [0.2, 0.25) is 0 Å². The third kappa shape index (κ3) is 3.76. The van der Waals surface area contributed by atoms with Crippen molar-refractivity contribution in [2.75, 3.05) is 5.32 Å². The second kappa shape index (κ2) is 7.21. The van der Waals surface area contributed by atoms with E-state index >= 15 is 0 Å². The highest BCUT2D eigenvalue weighted by atomic mass is 16.2. The maximum atomic E-state index is 12.0. The monoisotopic (exact) mass is 324 g/mol. The van der Waals surface area contributed by atoms with E-state index in [1.807, 2.05) is 13.0 Å². The molecule has 1 atom stereocenters. The summed E-state index contributed by atoms with van der Waals surface area (Å²) in [7, 11) is 0. The van der Waals surface area contributed by atoms with Crippen molar-refractivity contribution in [3.05, 3.63) is 53.3 Å². The van der Waals surface area contributed by atoms with Crippen molar-refractivity contribution < 1.29 is 9.59 Å². The molecule has 2 aromatic rings. The van der Waals surface area contributed by atoms with Crippen molar-refractivity contribution in [1.82, 2.24) is 15.3 Å². The Bertz CT molecular complexity index is 746. The van der Waals surface area contributed by atoms with E-state index in [0.29, 0.717) is 0 Å². The van der Waals surface area contributed by atoms with E-state index in [2.05, 4.69) is 32.7 Å². The largest absolute Gasteiger partial charge is 0.341 e. The minimum atomic E-state index is -0.772. The molecule has 0 aliphatic heterocycles. The van der Waals surface area contributed by atoms with Gasteiger partial charge in [0.05, 0.1) is 6.04 Å². The summed E-state index contributed by atoms with van der Waals surface area (Å²) in [5.41, 5.74) is 3.75. The number of carbonyl (C=O) groups is 2. The summed E-state index contributed by atoms with van der Waals surface area (Å²) >= 11 is 0. The summed E-state index contributed by atoms with van der Waals surface area (Å²) in [5.74, 6) is -1.36. The highest BCUT2D eigenvalue weighted by Crippen LogP contribution is 2.24. The van der Waals surface area contributed by atoms with Gasteiger partial charge in [0, 0.05) is 12.4 Å². The topological polar surface area (TPSA) is 84.0 Å². The molecule has 2 N–H and O–H groups in total. The lowest BCUT2D eigenvalue weighted by atomic mass is 9.89. The Hall–Kier alpha value is -2.76. The zero-order chi connectivity index (χ0) is 16.9. The number of aromatic nitrogens is 2. The second-order valence-corrected chi connectivity index (χ2v) is 5.96. The molecule has 0 saturated heterocycles. The lowest BCUT2D eigenvalue weighted by Crippen LogP contribution is -2.37. The fourth-order valence-corrected chi connectivity index (χ4v) is 2.89. The number of anilines is 1. The zero-order valence-electron chi connectivity index (χ0n) is 13.6. The van der Waals surface area contributed by atoms with Crippen LogP contribution in [0.15, 0.2) is 36.7 Å². The summed E-state index contributed by atoms with van der Waals surface area (Å²) < 4.78 is 0. The molecule has 24 heavy (non-hydrogen) atoms. The average molecular weight is 324 g/mol. The van der Waals surface area contributed by atoms with Crippen molar-refractivity contribution in [2.45, 2.75) is 38.6 Å². The predicted molar refractivity (Wildman–Crippen MR) is 90.3 cm³/mol. The van der Waals surface area contributed by atoms with Crippen LogP contribution in [-0.4, -0.2) is 21.8 Å². The third-order valence-electron chi connectivity index (χ3n) is 4.22. The minimum absolute atomic E-state index is 0.110. The fraction of sp³-hybridized carbons (Fsp3) is 0.333. The van der Waals surface area contributed by atoms with Gasteiger partial charge in [-0.25, -0.2) is 9.97 Å². The number of amides is 2. The smallest absolute Gasteiger partial charge is 0.316 e. The lowest BCUT2D eigenvalue weighted by Gasteiger charge is -2.19. The Morgan fingerprint density at radius 2 is 1.75 bits per heavy atom. The van der Waals surface area contributed by atoms with E-state index in [-0.39, 0.29) is 12.0 Å². The minimum Gasteiger partial charge on any atom is -0.341 e. The van der Waals surface area contributed by atoms with E-state index in [1.54, 1.807) is 6.07 Å². The molecule has 0 bridgehead atoms. The summed E-state index contributed by atoms with van der Waals surface area (Å²) in [4.78, 5) is 31.7. The SMILES string of the molecule is CC(NC(=O)C(=O)Nc1ncccn1)c1ccc2c(c1)CCCC2. The zero-order valence-corrected chi connectivity index (χ0v) is 13.6. The molecule has 1 aromatic carbocycles. The van der Waals surface area contributed by atoms with Crippen molar-refractivity contribution >= 4 is 17.8 Å². The molecular weight excluding hydrogens is 304 g/mol. The summed E-state index contributed by atoms with van der Waals surface area (Å²) in [6.45, 7) is 1.87. The molecule has 1 heterocycles. The quantitative estimate of drug-likeness (QED) is 0.848. The lowest BCUT2D eigenvalue weighted by molar-refractivity contribution is -0.136. The van der Waals surface area contributed by atoms with Gasteiger partial charge in [-0.1, -0.05) is 18.2 Å². The molecule has 0 saturated carbocycles. The van der Waals surface area contributed by atoms with E-state index in [1.165, 1.54) is 36.4 Å². The van der Waals surface area contributed by atoms with Gasteiger partial charge in [-0.2, -0.15) is 0 Å². The molecule has 0 fully saturated rings. The molecule has 124 valence electrons. The van der Waals surface area contributed by atoms with Crippen LogP contribution < -0.4 is 10.6 Å². The van der Waals surface area contributed by atoms with Crippen LogP contribution in [0, 0.1) is 0 Å². The number of nitrogens with one attached hydrogen (secondary N) is 2. The van der Waals surface area contributed by atoms with E-state index in [4.69, 9.17) is 0 Å².